The number of rotatable bonds is 5. The van der Waals surface area contributed by atoms with Gasteiger partial charge in [0, 0.05) is 50.6 Å². The Balaban J connectivity index is 1.49. The Hall–Kier alpha value is -2.65. The highest BCUT2D eigenvalue weighted by Crippen LogP contribution is 2.22. The highest BCUT2D eigenvalue weighted by atomic mass is 16.5. The van der Waals surface area contributed by atoms with Crippen molar-refractivity contribution in [3.8, 4) is 6.01 Å². The summed E-state index contributed by atoms with van der Waals surface area (Å²) in [6.45, 7) is 6.96. The SMILES string of the molecule is COc1nc(Nc2ccc(N3CCOCC3)cc2)nc(N2CCNCC2)n1. The molecule has 0 spiro atoms. The van der Waals surface area contributed by atoms with Crippen molar-refractivity contribution < 1.29 is 9.47 Å². The van der Waals surface area contributed by atoms with Crippen molar-refractivity contribution in [2.45, 2.75) is 0 Å². The van der Waals surface area contributed by atoms with E-state index in [0.717, 1.165) is 58.2 Å². The third kappa shape index (κ3) is 4.37. The van der Waals surface area contributed by atoms with Gasteiger partial charge in [0.25, 0.3) is 0 Å². The molecule has 3 heterocycles. The molecule has 144 valence electrons. The van der Waals surface area contributed by atoms with E-state index < -0.39 is 0 Å². The van der Waals surface area contributed by atoms with Crippen LogP contribution >= 0.6 is 0 Å². The zero-order valence-electron chi connectivity index (χ0n) is 15.5. The Morgan fingerprint density at radius 3 is 2.41 bits per heavy atom. The summed E-state index contributed by atoms with van der Waals surface area (Å²) >= 11 is 0. The maximum atomic E-state index is 5.41. The predicted molar refractivity (Wildman–Crippen MR) is 104 cm³/mol. The predicted octanol–water partition coefficient (Wildman–Crippen LogP) is 0.870. The van der Waals surface area contributed by atoms with Crippen molar-refractivity contribution in [1.82, 2.24) is 20.3 Å². The van der Waals surface area contributed by atoms with Gasteiger partial charge in [0.1, 0.15) is 0 Å². The summed E-state index contributed by atoms with van der Waals surface area (Å²) < 4.78 is 10.7. The summed E-state index contributed by atoms with van der Waals surface area (Å²) in [5, 5.41) is 6.59. The van der Waals surface area contributed by atoms with E-state index in [0.29, 0.717) is 17.9 Å². The molecule has 0 bridgehead atoms. The zero-order valence-corrected chi connectivity index (χ0v) is 15.5. The molecule has 0 aliphatic carbocycles. The second kappa shape index (κ2) is 8.36. The molecule has 0 amide bonds. The number of benzene rings is 1. The molecule has 27 heavy (non-hydrogen) atoms. The molecule has 2 aliphatic heterocycles. The molecular formula is C18H25N7O2. The molecule has 9 nitrogen and oxygen atoms in total. The highest BCUT2D eigenvalue weighted by Gasteiger charge is 2.16. The second-order valence-corrected chi connectivity index (χ2v) is 6.45. The second-order valence-electron chi connectivity index (χ2n) is 6.45. The standard InChI is InChI=1S/C18H25N7O2/c1-26-18-22-16(21-17(23-18)25-8-6-19-7-9-25)20-14-2-4-15(5-3-14)24-10-12-27-13-11-24/h2-5,19H,6-13H2,1H3,(H,20,21,22,23). The summed E-state index contributed by atoms with van der Waals surface area (Å²) in [7, 11) is 1.57. The molecule has 0 radical (unpaired) electrons. The van der Waals surface area contributed by atoms with Crippen LogP contribution in [0.15, 0.2) is 24.3 Å². The number of piperazine rings is 1. The van der Waals surface area contributed by atoms with Crippen LogP contribution in [0.5, 0.6) is 6.01 Å². The van der Waals surface area contributed by atoms with Crippen LogP contribution in [0.2, 0.25) is 0 Å². The van der Waals surface area contributed by atoms with E-state index >= 15 is 0 Å². The number of nitrogens with zero attached hydrogens (tertiary/aromatic N) is 5. The number of morpholine rings is 1. The largest absolute Gasteiger partial charge is 0.467 e. The van der Waals surface area contributed by atoms with Crippen LogP contribution in [0, 0.1) is 0 Å². The van der Waals surface area contributed by atoms with Crippen LogP contribution in [-0.4, -0.2) is 74.5 Å². The quantitative estimate of drug-likeness (QED) is 0.795. The number of aromatic nitrogens is 3. The molecule has 4 rings (SSSR count). The molecule has 2 saturated heterocycles. The maximum Gasteiger partial charge on any atom is 0.322 e. The van der Waals surface area contributed by atoms with Crippen molar-refractivity contribution in [3.05, 3.63) is 24.3 Å². The fourth-order valence-corrected chi connectivity index (χ4v) is 3.21. The number of nitrogens with one attached hydrogen (secondary N) is 2. The average Bonchev–Trinajstić information content (AvgIpc) is 2.75. The molecule has 0 saturated carbocycles. The van der Waals surface area contributed by atoms with Gasteiger partial charge in [-0.1, -0.05) is 0 Å². The van der Waals surface area contributed by atoms with Crippen LogP contribution in [0.25, 0.3) is 0 Å². The van der Waals surface area contributed by atoms with Gasteiger partial charge in [0.2, 0.25) is 11.9 Å². The molecule has 0 unspecified atom stereocenters. The lowest BCUT2D eigenvalue weighted by Crippen LogP contribution is -2.44. The molecular weight excluding hydrogens is 346 g/mol. The van der Waals surface area contributed by atoms with E-state index in [1.165, 1.54) is 5.69 Å². The molecule has 2 N–H and O–H groups in total. The van der Waals surface area contributed by atoms with Crippen LogP contribution in [0.1, 0.15) is 0 Å². The van der Waals surface area contributed by atoms with Gasteiger partial charge in [-0.25, -0.2) is 0 Å². The number of hydrogen-bond acceptors (Lipinski definition) is 9. The van der Waals surface area contributed by atoms with Crippen molar-refractivity contribution in [2.75, 3.05) is 74.7 Å². The first-order valence-electron chi connectivity index (χ1n) is 9.27. The number of hydrogen-bond donors (Lipinski definition) is 2. The van der Waals surface area contributed by atoms with E-state index in [9.17, 15) is 0 Å². The number of ether oxygens (including phenoxy) is 2. The van der Waals surface area contributed by atoms with Gasteiger partial charge in [-0.2, -0.15) is 15.0 Å². The third-order valence-electron chi connectivity index (χ3n) is 4.69. The van der Waals surface area contributed by atoms with E-state index in [2.05, 4.69) is 47.5 Å². The third-order valence-corrected chi connectivity index (χ3v) is 4.69. The Morgan fingerprint density at radius 1 is 0.963 bits per heavy atom. The van der Waals surface area contributed by atoms with Gasteiger partial charge in [0.05, 0.1) is 20.3 Å². The lowest BCUT2D eigenvalue weighted by molar-refractivity contribution is 0.122. The first kappa shape index (κ1) is 17.7. The number of methoxy groups -OCH3 is 1. The highest BCUT2D eigenvalue weighted by molar-refractivity contribution is 5.60. The zero-order chi connectivity index (χ0) is 18.5. The van der Waals surface area contributed by atoms with E-state index in [-0.39, 0.29) is 0 Å². The average molecular weight is 371 g/mol. The Bertz CT molecular complexity index is 744. The fourth-order valence-electron chi connectivity index (χ4n) is 3.21. The van der Waals surface area contributed by atoms with Gasteiger partial charge in [-0.05, 0) is 24.3 Å². The molecule has 2 aromatic rings. The first-order chi connectivity index (χ1) is 13.3. The van der Waals surface area contributed by atoms with Gasteiger partial charge in [-0.15, -0.1) is 0 Å². The summed E-state index contributed by atoms with van der Waals surface area (Å²) in [6.07, 6.45) is 0. The van der Waals surface area contributed by atoms with Crippen LogP contribution in [0.4, 0.5) is 23.3 Å². The van der Waals surface area contributed by atoms with Crippen molar-refractivity contribution in [1.29, 1.82) is 0 Å². The van der Waals surface area contributed by atoms with Crippen molar-refractivity contribution >= 4 is 23.3 Å². The van der Waals surface area contributed by atoms with E-state index in [4.69, 9.17) is 9.47 Å². The summed E-state index contributed by atoms with van der Waals surface area (Å²) in [6, 6.07) is 8.58. The van der Waals surface area contributed by atoms with Crippen LogP contribution in [-0.2, 0) is 4.74 Å². The van der Waals surface area contributed by atoms with Gasteiger partial charge < -0.3 is 29.9 Å². The Morgan fingerprint density at radius 2 is 1.70 bits per heavy atom. The molecule has 2 fully saturated rings. The monoisotopic (exact) mass is 371 g/mol. The van der Waals surface area contributed by atoms with Crippen molar-refractivity contribution in [2.24, 2.45) is 0 Å². The van der Waals surface area contributed by atoms with Crippen molar-refractivity contribution in [3.63, 3.8) is 0 Å². The first-order valence-corrected chi connectivity index (χ1v) is 9.27. The Kier molecular flexibility index (Phi) is 5.50. The summed E-state index contributed by atoms with van der Waals surface area (Å²) in [5.41, 5.74) is 2.12. The Labute approximate surface area is 158 Å². The molecule has 1 aromatic carbocycles. The van der Waals surface area contributed by atoms with E-state index in [1.807, 2.05) is 12.1 Å². The van der Waals surface area contributed by atoms with Crippen LogP contribution in [0.3, 0.4) is 0 Å². The van der Waals surface area contributed by atoms with Crippen LogP contribution < -0.4 is 25.2 Å². The van der Waals surface area contributed by atoms with E-state index in [1.54, 1.807) is 7.11 Å². The topological polar surface area (TPSA) is 87.7 Å². The van der Waals surface area contributed by atoms with Gasteiger partial charge in [0.15, 0.2) is 0 Å². The molecule has 9 heteroatoms. The smallest absolute Gasteiger partial charge is 0.322 e. The fraction of sp³-hybridized carbons (Fsp3) is 0.500. The van der Waals surface area contributed by atoms with Gasteiger partial charge in [-0.3, -0.25) is 0 Å². The minimum absolute atomic E-state index is 0.311. The van der Waals surface area contributed by atoms with Gasteiger partial charge >= 0.3 is 6.01 Å². The molecule has 2 aliphatic rings. The lowest BCUT2D eigenvalue weighted by atomic mass is 10.2. The molecule has 0 atom stereocenters. The maximum absolute atomic E-state index is 5.41. The molecule has 1 aromatic heterocycles. The number of anilines is 4. The minimum Gasteiger partial charge on any atom is -0.467 e. The summed E-state index contributed by atoms with van der Waals surface area (Å²) in [5.74, 6) is 1.12. The summed E-state index contributed by atoms with van der Waals surface area (Å²) in [4.78, 5) is 17.7. The normalized spacial score (nSPS) is 17.7. The lowest BCUT2D eigenvalue weighted by Gasteiger charge is -2.29. The minimum atomic E-state index is 0.311.